The van der Waals surface area contributed by atoms with Crippen LogP contribution in [0.1, 0.15) is 46.5 Å². The molecule has 3 unspecified atom stereocenters. The number of pyridine rings is 2. The molecule has 5 rings (SSSR count). The van der Waals surface area contributed by atoms with E-state index in [0.717, 1.165) is 46.9 Å². The number of anilines is 2. The zero-order valence-corrected chi connectivity index (χ0v) is 22.4. The van der Waals surface area contributed by atoms with E-state index < -0.39 is 0 Å². The predicted octanol–water partition coefficient (Wildman–Crippen LogP) is 5.08. The van der Waals surface area contributed by atoms with Crippen molar-refractivity contribution in [3.8, 4) is 0 Å². The first-order chi connectivity index (χ1) is 17.1. The minimum absolute atomic E-state index is 0.0424. The Bertz CT molecular complexity index is 1320. The lowest BCUT2D eigenvalue weighted by atomic mass is 9.67. The number of amides is 1. The quantitative estimate of drug-likeness (QED) is 0.478. The lowest BCUT2D eigenvalue weighted by molar-refractivity contribution is 0.123. The lowest BCUT2D eigenvalue weighted by Crippen LogP contribution is -2.63. The number of aromatic nitrogens is 4. The van der Waals surface area contributed by atoms with Crippen LogP contribution in [0.4, 0.5) is 16.4 Å². The van der Waals surface area contributed by atoms with Gasteiger partial charge in [0.15, 0.2) is 5.65 Å². The van der Waals surface area contributed by atoms with Gasteiger partial charge in [0, 0.05) is 28.7 Å². The SMILES string of the molecule is COC(=O)NC1CC2CCC(C(C)(C)C)(C1)N2c1cnc2nc(Sc3ccnc(N)c3Cl)ccc2n1. The summed E-state index contributed by atoms with van der Waals surface area (Å²) < 4.78 is 4.87. The van der Waals surface area contributed by atoms with E-state index in [1.165, 1.54) is 18.9 Å². The summed E-state index contributed by atoms with van der Waals surface area (Å²) >= 11 is 7.71. The smallest absolute Gasteiger partial charge is 0.407 e. The first-order valence-electron chi connectivity index (χ1n) is 12.0. The Balaban J connectivity index is 1.45. The van der Waals surface area contributed by atoms with Crippen molar-refractivity contribution in [1.29, 1.82) is 0 Å². The van der Waals surface area contributed by atoms with E-state index in [0.29, 0.717) is 16.5 Å². The number of nitrogens with zero attached hydrogens (tertiary/aromatic N) is 5. The maximum Gasteiger partial charge on any atom is 0.407 e. The van der Waals surface area contributed by atoms with Crippen LogP contribution in [0, 0.1) is 5.41 Å². The van der Waals surface area contributed by atoms with Gasteiger partial charge in [0.05, 0.1) is 18.3 Å². The maximum absolute atomic E-state index is 11.9. The van der Waals surface area contributed by atoms with E-state index in [2.05, 4.69) is 36.0 Å². The molecule has 9 nitrogen and oxygen atoms in total. The summed E-state index contributed by atoms with van der Waals surface area (Å²) in [5.41, 5.74) is 6.93. The molecule has 5 heterocycles. The van der Waals surface area contributed by atoms with Crippen LogP contribution in [-0.4, -0.2) is 50.8 Å². The molecule has 0 aliphatic carbocycles. The van der Waals surface area contributed by atoms with Gasteiger partial charge in [-0.05, 0) is 49.3 Å². The fourth-order valence-electron chi connectivity index (χ4n) is 5.71. The number of piperidine rings is 1. The molecule has 2 aliphatic heterocycles. The molecule has 0 spiro atoms. The van der Waals surface area contributed by atoms with Crippen LogP contribution in [0.5, 0.6) is 0 Å². The second-order valence-corrected chi connectivity index (χ2v) is 11.9. The highest BCUT2D eigenvalue weighted by atomic mass is 35.5. The van der Waals surface area contributed by atoms with Crippen molar-refractivity contribution in [3.63, 3.8) is 0 Å². The summed E-state index contributed by atoms with van der Waals surface area (Å²) in [6.45, 7) is 6.79. The van der Waals surface area contributed by atoms with E-state index in [1.807, 2.05) is 24.4 Å². The third kappa shape index (κ3) is 4.30. The van der Waals surface area contributed by atoms with E-state index in [1.54, 1.807) is 6.20 Å². The second-order valence-electron chi connectivity index (χ2n) is 10.4. The number of nitrogens with two attached hydrogens (primary N) is 1. The number of alkyl carbamates (subject to hydrolysis) is 1. The van der Waals surface area contributed by atoms with E-state index in [-0.39, 0.29) is 29.1 Å². The van der Waals surface area contributed by atoms with Gasteiger partial charge in [-0.2, -0.15) is 0 Å². The molecule has 2 fully saturated rings. The Morgan fingerprint density at radius 1 is 1.28 bits per heavy atom. The molecule has 11 heteroatoms. The number of hydrogen-bond donors (Lipinski definition) is 2. The van der Waals surface area contributed by atoms with Gasteiger partial charge in [-0.3, -0.25) is 0 Å². The maximum atomic E-state index is 11.9. The predicted molar refractivity (Wildman–Crippen MR) is 141 cm³/mol. The first-order valence-corrected chi connectivity index (χ1v) is 13.2. The fraction of sp³-hybridized carbons (Fsp3) is 0.480. The van der Waals surface area contributed by atoms with Crippen molar-refractivity contribution in [1.82, 2.24) is 25.3 Å². The monoisotopic (exact) mass is 527 g/mol. The van der Waals surface area contributed by atoms with Crippen molar-refractivity contribution in [2.24, 2.45) is 5.41 Å². The molecular formula is C25H30ClN7O2S. The Morgan fingerprint density at radius 3 is 2.83 bits per heavy atom. The number of halogens is 1. The summed E-state index contributed by atoms with van der Waals surface area (Å²) in [6, 6.07) is 5.98. The van der Waals surface area contributed by atoms with Gasteiger partial charge in [-0.15, -0.1) is 0 Å². The summed E-state index contributed by atoms with van der Waals surface area (Å²) in [6.07, 6.45) is 6.82. The average Bonchev–Trinajstić information content (AvgIpc) is 3.09. The molecule has 2 aliphatic rings. The number of methoxy groups -OCH3 is 1. The zero-order valence-electron chi connectivity index (χ0n) is 20.8. The standard InChI is InChI=1S/C25H30ClN7O2S/c1-24(2,3)25-9-7-15(11-14(12-25)30-23(34)35-4)33(25)18-13-29-22-16(31-18)5-6-19(32-22)36-17-8-10-28-21(27)20(17)26/h5-6,8,10,13-15H,7,9,11-12H2,1-4H3,(H2,27,28)(H,30,34). The Labute approximate surface area is 219 Å². The number of fused-ring (bicyclic) bond motifs is 3. The van der Waals surface area contributed by atoms with E-state index in [9.17, 15) is 4.79 Å². The third-order valence-electron chi connectivity index (χ3n) is 7.47. The minimum Gasteiger partial charge on any atom is -0.453 e. The van der Waals surface area contributed by atoms with Crippen molar-refractivity contribution >= 4 is 52.3 Å². The van der Waals surface area contributed by atoms with Crippen LogP contribution in [0.25, 0.3) is 11.2 Å². The number of rotatable bonds is 4. The molecule has 3 aromatic heterocycles. The average molecular weight is 528 g/mol. The molecule has 190 valence electrons. The first kappa shape index (κ1) is 24.8. The van der Waals surface area contributed by atoms with Crippen LogP contribution in [0.2, 0.25) is 5.02 Å². The van der Waals surface area contributed by atoms with Gasteiger partial charge in [0.25, 0.3) is 0 Å². The molecular weight excluding hydrogens is 498 g/mol. The van der Waals surface area contributed by atoms with Crippen LogP contribution < -0.4 is 16.0 Å². The summed E-state index contributed by atoms with van der Waals surface area (Å²) in [7, 11) is 1.41. The summed E-state index contributed by atoms with van der Waals surface area (Å²) in [5, 5.41) is 4.21. The van der Waals surface area contributed by atoms with Gasteiger partial charge in [-0.1, -0.05) is 44.1 Å². The number of carbonyl (C=O) groups is 1. The lowest BCUT2D eigenvalue weighted by Gasteiger charge is -2.55. The van der Waals surface area contributed by atoms with Crippen LogP contribution in [0.15, 0.2) is 40.5 Å². The van der Waals surface area contributed by atoms with Gasteiger partial charge >= 0.3 is 6.09 Å². The molecule has 2 bridgehead atoms. The highest BCUT2D eigenvalue weighted by Crippen LogP contribution is 2.54. The number of nitrogens with one attached hydrogen (secondary N) is 1. The molecule has 3 aromatic rings. The Kier molecular flexibility index (Phi) is 6.36. The molecule has 2 saturated heterocycles. The van der Waals surface area contributed by atoms with Crippen molar-refractivity contribution in [2.75, 3.05) is 17.7 Å². The number of nitrogen functional groups attached to an aromatic ring is 1. The van der Waals surface area contributed by atoms with E-state index >= 15 is 0 Å². The molecule has 3 atom stereocenters. The number of carbonyl (C=O) groups excluding carboxylic acids is 1. The molecule has 3 N–H and O–H groups in total. The molecule has 0 radical (unpaired) electrons. The Morgan fingerprint density at radius 2 is 2.08 bits per heavy atom. The fourth-order valence-corrected chi connectivity index (χ4v) is 6.76. The normalized spacial score (nSPS) is 23.6. The Hall–Kier alpha value is -2.85. The molecule has 1 amide bonds. The van der Waals surface area contributed by atoms with Crippen molar-refractivity contribution in [2.45, 2.75) is 74.0 Å². The molecule has 0 aromatic carbocycles. The summed E-state index contributed by atoms with van der Waals surface area (Å²) in [5.74, 6) is 1.14. The van der Waals surface area contributed by atoms with Crippen molar-refractivity contribution < 1.29 is 9.53 Å². The minimum atomic E-state index is -0.377. The summed E-state index contributed by atoms with van der Waals surface area (Å²) in [4.78, 5) is 33.6. The highest BCUT2D eigenvalue weighted by molar-refractivity contribution is 7.99. The largest absolute Gasteiger partial charge is 0.453 e. The number of ether oxygens (including phenoxy) is 1. The van der Waals surface area contributed by atoms with E-state index in [4.69, 9.17) is 37.0 Å². The van der Waals surface area contributed by atoms with Crippen LogP contribution in [0.3, 0.4) is 0 Å². The number of hydrogen-bond acceptors (Lipinski definition) is 9. The topological polar surface area (TPSA) is 119 Å². The van der Waals surface area contributed by atoms with Crippen LogP contribution >= 0.6 is 23.4 Å². The van der Waals surface area contributed by atoms with Gasteiger partial charge in [0.2, 0.25) is 0 Å². The molecule has 0 saturated carbocycles. The highest BCUT2D eigenvalue weighted by Gasteiger charge is 2.58. The molecule has 36 heavy (non-hydrogen) atoms. The van der Waals surface area contributed by atoms with Gasteiger partial charge < -0.3 is 20.7 Å². The van der Waals surface area contributed by atoms with Crippen LogP contribution in [-0.2, 0) is 4.74 Å². The second kappa shape index (κ2) is 9.23. The zero-order chi connectivity index (χ0) is 25.7. The van der Waals surface area contributed by atoms with Gasteiger partial charge in [-0.25, -0.2) is 24.7 Å². The third-order valence-corrected chi connectivity index (χ3v) is 8.98. The van der Waals surface area contributed by atoms with Gasteiger partial charge in [0.1, 0.15) is 22.2 Å². The van der Waals surface area contributed by atoms with Crippen molar-refractivity contribution in [3.05, 3.63) is 35.6 Å².